The van der Waals surface area contributed by atoms with Crippen molar-refractivity contribution in [2.24, 2.45) is 5.73 Å². The molecule has 2 rings (SSSR count). The first kappa shape index (κ1) is 12.0. The minimum atomic E-state index is 0.146. The lowest BCUT2D eigenvalue weighted by Gasteiger charge is -2.45. The summed E-state index contributed by atoms with van der Waals surface area (Å²) in [7, 11) is 2.14. The molecule has 17 heavy (non-hydrogen) atoms. The highest BCUT2D eigenvalue weighted by atomic mass is 15.2. The molecule has 3 nitrogen and oxygen atoms in total. The minimum Gasteiger partial charge on any atom is -0.384 e. The third kappa shape index (κ3) is 1.90. The highest BCUT2D eigenvalue weighted by molar-refractivity contribution is 5.95. The number of nitrogens with one attached hydrogen (secondary N) is 1. The van der Waals surface area contributed by atoms with Crippen LogP contribution in [0.1, 0.15) is 44.2 Å². The van der Waals surface area contributed by atoms with Crippen LogP contribution in [0, 0.1) is 5.41 Å². The molecule has 1 aromatic rings. The van der Waals surface area contributed by atoms with E-state index in [9.17, 15) is 0 Å². The zero-order valence-corrected chi connectivity index (χ0v) is 11.0. The van der Waals surface area contributed by atoms with Crippen molar-refractivity contribution in [3.63, 3.8) is 0 Å². The lowest BCUT2D eigenvalue weighted by Crippen LogP contribution is -2.45. The molecule has 1 atom stereocenters. The monoisotopic (exact) mass is 231 g/mol. The lowest BCUT2D eigenvalue weighted by molar-refractivity contribution is 0.395. The number of fused-ring (bicyclic) bond motifs is 1. The number of hydrogen-bond acceptors (Lipinski definition) is 2. The van der Waals surface area contributed by atoms with E-state index in [1.807, 2.05) is 6.07 Å². The molecule has 0 saturated heterocycles. The number of nitrogens with zero attached hydrogens (tertiary/aromatic N) is 1. The molecule has 0 amide bonds. The quantitative estimate of drug-likeness (QED) is 0.576. The largest absolute Gasteiger partial charge is 0.384 e. The van der Waals surface area contributed by atoms with Crippen molar-refractivity contribution in [3.8, 4) is 0 Å². The summed E-state index contributed by atoms with van der Waals surface area (Å²) in [4.78, 5) is 2.33. The molecule has 0 saturated carbocycles. The van der Waals surface area contributed by atoms with E-state index in [2.05, 4.69) is 44.9 Å². The van der Waals surface area contributed by atoms with Crippen molar-refractivity contribution < 1.29 is 0 Å². The molecule has 1 aliphatic rings. The van der Waals surface area contributed by atoms with Gasteiger partial charge in [-0.25, -0.2) is 0 Å². The second-order valence-electron chi connectivity index (χ2n) is 5.66. The fourth-order valence-corrected chi connectivity index (χ4v) is 2.74. The molecule has 0 aromatic heterocycles. The highest BCUT2D eigenvalue weighted by Crippen LogP contribution is 2.42. The van der Waals surface area contributed by atoms with Crippen LogP contribution in [0.15, 0.2) is 18.2 Å². The minimum absolute atomic E-state index is 0.146. The van der Waals surface area contributed by atoms with Crippen molar-refractivity contribution in [2.45, 2.75) is 38.6 Å². The lowest BCUT2D eigenvalue weighted by atomic mass is 9.80. The predicted octanol–water partition coefficient (Wildman–Crippen LogP) is 2.69. The van der Waals surface area contributed by atoms with Gasteiger partial charge in [-0.3, -0.25) is 5.41 Å². The fraction of sp³-hybridized carbons (Fsp3) is 0.500. The van der Waals surface area contributed by atoms with Crippen molar-refractivity contribution in [1.29, 1.82) is 5.41 Å². The fourth-order valence-electron chi connectivity index (χ4n) is 2.74. The van der Waals surface area contributed by atoms with Gasteiger partial charge in [0.2, 0.25) is 0 Å². The first-order valence-corrected chi connectivity index (χ1v) is 6.05. The summed E-state index contributed by atoms with van der Waals surface area (Å²) in [6.45, 7) is 6.79. The van der Waals surface area contributed by atoms with Gasteiger partial charge in [0.1, 0.15) is 5.84 Å². The van der Waals surface area contributed by atoms with Crippen molar-refractivity contribution in [2.75, 3.05) is 11.9 Å². The van der Waals surface area contributed by atoms with Gasteiger partial charge in [-0.15, -0.1) is 0 Å². The Morgan fingerprint density at radius 2 is 2.12 bits per heavy atom. The molecule has 92 valence electrons. The maximum atomic E-state index is 7.51. The third-order valence-electron chi connectivity index (χ3n) is 3.94. The third-order valence-corrected chi connectivity index (χ3v) is 3.94. The number of nitrogens with two attached hydrogens (primary N) is 1. The van der Waals surface area contributed by atoms with E-state index in [1.165, 1.54) is 11.3 Å². The maximum Gasteiger partial charge on any atom is 0.122 e. The van der Waals surface area contributed by atoms with E-state index in [0.29, 0.717) is 5.92 Å². The number of hydrogen-bond donors (Lipinski definition) is 2. The predicted molar refractivity (Wildman–Crippen MR) is 73.0 cm³/mol. The van der Waals surface area contributed by atoms with Gasteiger partial charge in [0.15, 0.2) is 0 Å². The van der Waals surface area contributed by atoms with Gasteiger partial charge in [0.05, 0.1) is 0 Å². The zero-order valence-electron chi connectivity index (χ0n) is 11.0. The molecule has 0 radical (unpaired) electrons. The van der Waals surface area contributed by atoms with Gasteiger partial charge in [-0.05, 0) is 49.9 Å². The average Bonchev–Trinajstić information content (AvgIpc) is 2.25. The molecule has 0 bridgehead atoms. The summed E-state index contributed by atoms with van der Waals surface area (Å²) in [6, 6.07) is 6.09. The van der Waals surface area contributed by atoms with E-state index < -0.39 is 0 Å². The van der Waals surface area contributed by atoms with E-state index >= 15 is 0 Å². The van der Waals surface area contributed by atoms with Gasteiger partial charge in [-0.2, -0.15) is 0 Å². The summed E-state index contributed by atoms with van der Waals surface area (Å²) in [5.74, 6) is 0.656. The van der Waals surface area contributed by atoms with E-state index in [4.69, 9.17) is 11.1 Å². The first-order chi connectivity index (χ1) is 7.83. The van der Waals surface area contributed by atoms with Gasteiger partial charge in [0.25, 0.3) is 0 Å². The second-order valence-corrected chi connectivity index (χ2v) is 5.66. The Morgan fingerprint density at radius 3 is 2.71 bits per heavy atom. The Balaban J connectivity index is 2.53. The molecule has 0 fully saturated rings. The second kappa shape index (κ2) is 3.76. The van der Waals surface area contributed by atoms with Crippen molar-refractivity contribution in [1.82, 2.24) is 0 Å². The summed E-state index contributed by atoms with van der Waals surface area (Å²) in [6.07, 6.45) is 1.12. The Morgan fingerprint density at radius 1 is 1.47 bits per heavy atom. The van der Waals surface area contributed by atoms with Gasteiger partial charge in [-0.1, -0.05) is 6.92 Å². The molecule has 3 heteroatoms. The van der Waals surface area contributed by atoms with Crippen molar-refractivity contribution in [3.05, 3.63) is 29.3 Å². The van der Waals surface area contributed by atoms with E-state index in [-0.39, 0.29) is 11.4 Å². The summed E-state index contributed by atoms with van der Waals surface area (Å²) in [5.41, 5.74) is 9.13. The number of anilines is 1. The first-order valence-electron chi connectivity index (χ1n) is 6.05. The molecular formula is C14H21N3. The zero-order chi connectivity index (χ0) is 12.8. The Kier molecular flexibility index (Phi) is 2.64. The van der Waals surface area contributed by atoms with Crippen LogP contribution in [0.5, 0.6) is 0 Å². The van der Waals surface area contributed by atoms with Crippen LogP contribution in [0.4, 0.5) is 5.69 Å². The van der Waals surface area contributed by atoms with Crippen LogP contribution >= 0.6 is 0 Å². The molecule has 1 heterocycles. The average molecular weight is 231 g/mol. The molecule has 1 aromatic carbocycles. The molecule has 3 N–H and O–H groups in total. The normalized spacial score (nSPS) is 22.1. The molecular weight excluding hydrogens is 210 g/mol. The summed E-state index contributed by atoms with van der Waals surface area (Å²) in [5, 5.41) is 7.51. The van der Waals surface area contributed by atoms with Crippen LogP contribution in [0.2, 0.25) is 0 Å². The van der Waals surface area contributed by atoms with Crippen LogP contribution in [-0.2, 0) is 0 Å². The topological polar surface area (TPSA) is 53.1 Å². The van der Waals surface area contributed by atoms with E-state index in [1.54, 1.807) is 0 Å². The van der Waals surface area contributed by atoms with Gasteiger partial charge >= 0.3 is 0 Å². The Hall–Kier alpha value is -1.51. The van der Waals surface area contributed by atoms with Gasteiger partial charge < -0.3 is 10.6 Å². The van der Waals surface area contributed by atoms with Crippen LogP contribution in [0.25, 0.3) is 0 Å². The van der Waals surface area contributed by atoms with Crippen molar-refractivity contribution >= 4 is 11.5 Å². The Labute approximate surface area is 103 Å². The van der Waals surface area contributed by atoms with Crippen LogP contribution in [0.3, 0.4) is 0 Å². The molecule has 1 unspecified atom stereocenters. The summed E-state index contributed by atoms with van der Waals surface area (Å²) < 4.78 is 0. The molecule has 1 aliphatic heterocycles. The smallest absolute Gasteiger partial charge is 0.122 e. The van der Waals surface area contributed by atoms with Crippen LogP contribution in [-0.4, -0.2) is 18.4 Å². The molecule has 0 aliphatic carbocycles. The van der Waals surface area contributed by atoms with Crippen LogP contribution < -0.4 is 10.6 Å². The van der Waals surface area contributed by atoms with Gasteiger partial charge in [0, 0.05) is 23.8 Å². The maximum absolute atomic E-state index is 7.51. The standard InChI is InChI=1S/C14H21N3/c1-9-8-14(2,3)17(4)12-6-5-10(13(15)16)7-11(9)12/h5-7,9H,8H2,1-4H3,(H3,15,16). The Bertz CT molecular complexity index is 463. The summed E-state index contributed by atoms with van der Waals surface area (Å²) >= 11 is 0. The molecule has 0 spiro atoms. The number of nitrogen functional groups attached to an aromatic ring is 1. The highest BCUT2D eigenvalue weighted by Gasteiger charge is 2.33. The number of benzene rings is 1. The number of amidine groups is 1. The number of rotatable bonds is 1. The van der Waals surface area contributed by atoms with E-state index in [0.717, 1.165) is 12.0 Å². The SMILES string of the molecule is CC1CC(C)(C)N(C)c2ccc(C(=N)N)cc21.